The maximum atomic E-state index is 12.4. The molecule has 0 saturated heterocycles. The molecule has 148 valence electrons. The van der Waals surface area contributed by atoms with Crippen LogP contribution in [0.4, 0.5) is 0 Å². The number of aromatic nitrogens is 5. The van der Waals surface area contributed by atoms with Gasteiger partial charge in [-0.2, -0.15) is 0 Å². The minimum atomic E-state index is -0.0105. The van der Waals surface area contributed by atoms with Crippen molar-refractivity contribution in [1.29, 1.82) is 0 Å². The third-order valence-corrected chi connectivity index (χ3v) is 4.86. The van der Waals surface area contributed by atoms with Gasteiger partial charge in [0.2, 0.25) is 0 Å². The summed E-state index contributed by atoms with van der Waals surface area (Å²) in [6.07, 6.45) is 1.59. The summed E-state index contributed by atoms with van der Waals surface area (Å²) in [5.74, 6) is 1.66. The van der Waals surface area contributed by atoms with Crippen molar-refractivity contribution in [3.8, 4) is 5.75 Å². The molecule has 7 nitrogen and oxygen atoms in total. The van der Waals surface area contributed by atoms with Crippen LogP contribution in [0.5, 0.6) is 5.75 Å². The first-order valence-corrected chi connectivity index (χ1v) is 9.80. The van der Waals surface area contributed by atoms with Gasteiger partial charge in [-0.3, -0.25) is 4.79 Å². The van der Waals surface area contributed by atoms with Gasteiger partial charge in [0.1, 0.15) is 5.75 Å². The summed E-state index contributed by atoms with van der Waals surface area (Å²) in [5, 5.41) is 12.7. The van der Waals surface area contributed by atoms with Gasteiger partial charge in [0.25, 0.3) is 5.56 Å². The maximum Gasteiger partial charge on any atom is 0.251 e. The summed E-state index contributed by atoms with van der Waals surface area (Å²) < 4.78 is 9.49. The van der Waals surface area contributed by atoms with E-state index in [4.69, 9.17) is 4.74 Å². The number of fused-ring (bicyclic) bond motifs is 1. The van der Waals surface area contributed by atoms with E-state index < -0.39 is 0 Å². The van der Waals surface area contributed by atoms with Gasteiger partial charge in [0.15, 0.2) is 5.82 Å². The molecule has 29 heavy (non-hydrogen) atoms. The molecule has 2 aromatic heterocycles. The zero-order valence-corrected chi connectivity index (χ0v) is 16.4. The summed E-state index contributed by atoms with van der Waals surface area (Å²) in [7, 11) is 0. The smallest absolute Gasteiger partial charge is 0.251 e. The lowest BCUT2D eigenvalue weighted by atomic mass is 10.1. The molecule has 0 aliphatic rings. The first-order valence-electron chi connectivity index (χ1n) is 9.80. The van der Waals surface area contributed by atoms with Gasteiger partial charge in [-0.15, -0.1) is 5.10 Å². The van der Waals surface area contributed by atoms with Crippen LogP contribution in [0.25, 0.3) is 10.9 Å². The van der Waals surface area contributed by atoms with E-state index in [0.717, 1.165) is 47.4 Å². The van der Waals surface area contributed by atoms with E-state index in [9.17, 15) is 4.79 Å². The highest BCUT2D eigenvalue weighted by molar-refractivity contribution is 5.80. The Kier molecular flexibility index (Phi) is 5.65. The van der Waals surface area contributed by atoms with E-state index in [0.29, 0.717) is 13.2 Å². The molecule has 0 atom stereocenters. The molecule has 2 aromatic carbocycles. The van der Waals surface area contributed by atoms with Crippen molar-refractivity contribution in [2.45, 2.75) is 32.9 Å². The van der Waals surface area contributed by atoms with E-state index in [2.05, 4.69) is 15.5 Å². The van der Waals surface area contributed by atoms with Crippen LogP contribution in [-0.4, -0.2) is 31.4 Å². The summed E-state index contributed by atoms with van der Waals surface area (Å²) in [4.78, 5) is 12.4. The number of aryl methyl sites for hydroxylation is 2. The quantitative estimate of drug-likeness (QED) is 0.433. The Morgan fingerprint density at radius 3 is 2.72 bits per heavy atom. The molecule has 7 heteroatoms. The highest BCUT2D eigenvalue weighted by atomic mass is 16.5. The fraction of sp³-hybridized carbons (Fsp3) is 0.273. The number of benzene rings is 2. The fourth-order valence-electron chi connectivity index (χ4n) is 3.37. The number of hydrogen-bond acceptors (Lipinski definition) is 5. The van der Waals surface area contributed by atoms with Crippen LogP contribution in [0, 0.1) is 0 Å². The predicted octanol–water partition coefficient (Wildman–Crippen LogP) is 3.07. The monoisotopic (exact) mass is 389 g/mol. The number of rotatable bonds is 8. The van der Waals surface area contributed by atoms with Crippen LogP contribution >= 0.6 is 0 Å². The molecule has 0 radical (unpaired) electrons. The van der Waals surface area contributed by atoms with Crippen LogP contribution in [0.1, 0.15) is 24.7 Å². The fourth-order valence-corrected chi connectivity index (χ4v) is 3.37. The zero-order valence-electron chi connectivity index (χ0n) is 16.4. The van der Waals surface area contributed by atoms with Gasteiger partial charge in [-0.25, -0.2) is 4.68 Å². The first kappa shape index (κ1) is 18.9. The Morgan fingerprint density at radius 2 is 1.90 bits per heavy atom. The number of nitrogens with zero attached hydrogens (tertiary/aromatic N) is 5. The number of pyridine rings is 1. The molecule has 4 rings (SSSR count). The number of hydrogen-bond donors (Lipinski definition) is 0. The van der Waals surface area contributed by atoms with Gasteiger partial charge in [-0.05, 0) is 53.6 Å². The minimum absolute atomic E-state index is 0.0105. The van der Waals surface area contributed by atoms with Gasteiger partial charge in [-0.1, -0.05) is 30.3 Å². The second-order valence-electron chi connectivity index (χ2n) is 6.83. The highest BCUT2D eigenvalue weighted by Gasteiger charge is 2.07. The summed E-state index contributed by atoms with van der Waals surface area (Å²) in [6.45, 7) is 3.90. The number of tetrazole rings is 1. The van der Waals surface area contributed by atoms with E-state index in [1.54, 1.807) is 15.3 Å². The van der Waals surface area contributed by atoms with Gasteiger partial charge in [0.05, 0.1) is 18.7 Å². The van der Waals surface area contributed by atoms with Crippen molar-refractivity contribution in [2.24, 2.45) is 0 Å². The maximum absolute atomic E-state index is 12.4. The van der Waals surface area contributed by atoms with Crippen molar-refractivity contribution < 1.29 is 4.74 Å². The van der Waals surface area contributed by atoms with E-state index >= 15 is 0 Å². The normalized spacial score (nSPS) is 11.1. The first-order chi connectivity index (χ1) is 14.2. The van der Waals surface area contributed by atoms with E-state index in [1.807, 2.05) is 61.5 Å². The second-order valence-corrected chi connectivity index (χ2v) is 6.83. The average molecular weight is 389 g/mol. The molecule has 0 aliphatic heterocycles. The van der Waals surface area contributed by atoms with Crippen LogP contribution < -0.4 is 10.3 Å². The van der Waals surface area contributed by atoms with Crippen LogP contribution in [0.3, 0.4) is 0 Å². The van der Waals surface area contributed by atoms with Crippen molar-refractivity contribution in [3.63, 3.8) is 0 Å². The number of ether oxygens (including phenoxy) is 1. The lowest BCUT2D eigenvalue weighted by molar-refractivity contribution is 0.309. The molecule has 0 spiro atoms. The summed E-state index contributed by atoms with van der Waals surface area (Å²) in [6, 6.07) is 19.3. The van der Waals surface area contributed by atoms with Crippen molar-refractivity contribution >= 4 is 10.9 Å². The van der Waals surface area contributed by atoms with Gasteiger partial charge < -0.3 is 9.30 Å². The molecule has 0 unspecified atom stereocenters. The highest BCUT2D eigenvalue weighted by Crippen LogP contribution is 2.21. The molecular formula is C22H23N5O2. The standard InChI is InChI=1S/C22H23N5O2/c1-2-27-21(23-24-25-27)9-6-14-29-19-11-12-20-18(15-19)10-13-22(28)26(20)16-17-7-4-3-5-8-17/h3-5,7-8,10-13,15H,2,6,9,14,16H2,1H3. The third-order valence-electron chi connectivity index (χ3n) is 4.86. The Bertz CT molecular complexity index is 1150. The molecule has 0 N–H and O–H groups in total. The molecule has 0 amide bonds. The van der Waals surface area contributed by atoms with Gasteiger partial charge >= 0.3 is 0 Å². The molecule has 0 saturated carbocycles. The molecule has 0 fully saturated rings. The summed E-state index contributed by atoms with van der Waals surface area (Å²) >= 11 is 0. The molecule has 4 aromatic rings. The van der Waals surface area contributed by atoms with Crippen molar-refractivity contribution in [2.75, 3.05) is 6.61 Å². The largest absolute Gasteiger partial charge is 0.494 e. The SMILES string of the molecule is CCn1nnnc1CCCOc1ccc2c(ccc(=O)n2Cc2ccccc2)c1. The Balaban J connectivity index is 1.45. The lowest BCUT2D eigenvalue weighted by Crippen LogP contribution is -2.19. The molecule has 0 bridgehead atoms. The Hall–Kier alpha value is -3.48. The Morgan fingerprint density at radius 1 is 1.03 bits per heavy atom. The van der Waals surface area contributed by atoms with Crippen molar-refractivity contribution in [3.05, 3.63) is 82.4 Å². The Labute approximate surface area is 168 Å². The zero-order chi connectivity index (χ0) is 20.1. The third kappa shape index (κ3) is 4.34. The summed E-state index contributed by atoms with van der Waals surface area (Å²) in [5.41, 5.74) is 1.98. The van der Waals surface area contributed by atoms with E-state index in [1.165, 1.54) is 0 Å². The van der Waals surface area contributed by atoms with Crippen LogP contribution in [-0.2, 0) is 19.5 Å². The van der Waals surface area contributed by atoms with E-state index in [-0.39, 0.29) is 5.56 Å². The lowest BCUT2D eigenvalue weighted by Gasteiger charge is -2.12. The van der Waals surface area contributed by atoms with Crippen LogP contribution in [0.2, 0.25) is 0 Å². The molecular weight excluding hydrogens is 366 g/mol. The molecule has 2 heterocycles. The average Bonchev–Trinajstić information content (AvgIpc) is 3.21. The van der Waals surface area contributed by atoms with Gasteiger partial charge in [0, 0.05) is 24.4 Å². The second kappa shape index (κ2) is 8.68. The molecule has 0 aliphatic carbocycles. The minimum Gasteiger partial charge on any atom is -0.494 e. The van der Waals surface area contributed by atoms with Crippen molar-refractivity contribution in [1.82, 2.24) is 24.8 Å². The van der Waals surface area contributed by atoms with Crippen LogP contribution in [0.15, 0.2) is 65.5 Å². The topological polar surface area (TPSA) is 74.8 Å². The predicted molar refractivity (Wildman–Crippen MR) is 111 cm³/mol.